The molecular weight excluding hydrogens is 232 g/mol. The molecule has 1 aromatic rings. The average Bonchev–Trinajstić information content (AvgIpc) is 2.29. The molecule has 0 radical (unpaired) electrons. The summed E-state index contributed by atoms with van der Waals surface area (Å²) >= 11 is 1.91. The van der Waals surface area contributed by atoms with Crippen LogP contribution in [0.2, 0.25) is 0 Å². The minimum atomic E-state index is 0.135. The Bertz CT molecular complexity index is 433. The van der Waals surface area contributed by atoms with Crippen LogP contribution in [0.5, 0.6) is 0 Å². The lowest BCUT2D eigenvalue weighted by molar-refractivity contribution is 0.0715. The zero-order valence-electron chi connectivity index (χ0n) is 10.3. The third kappa shape index (κ3) is 2.57. The fourth-order valence-corrected chi connectivity index (χ4v) is 3.12. The van der Waals surface area contributed by atoms with Gasteiger partial charge in [0.1, 0.15) is 0 Å². The maximum atomic E-state index is 12.4. The molecule has 0 aromatic heterocycles. The Morgan fingerprint density at radius 3 is 2.94 bits per heavy atom. The summed E-state index contributed by atoms with van der Waals surface area (Å²) in [5, 5.41) is 0. The van der Waals surface area contributed by atoms with E-state index in [4.69, 9.17) is 5.73 Å². The topological polar surface area (TPSA) is 46.3 Å². The van der Waals surface area contributed by atoms with Crippen molar-refractivity contribution < 1.29 is 4.79 Å². The Morgan fingerprint density at radius 2 is 2.29 bits per heavy atom. The molecule has 17 heavy (non-hydrogen) atoms. The first kappa shape index (κ1) is 12.3. The van der Waals surface area contributed by atoms with E-state index in [-0.39, 0.29) is 5.91 Å². The van der Waals surface area contributed by atoms with Crippen LogP contribution in [0.15, 0.2) is 18.2 Å². The highest BCUT2D eigenvalue weighted by Gasteiger charge is 2.25. The Kier molecular flexibility index (Phi) is 3.62. The lowest BCUT2D eigenvalue weighted by Crippen LogP contribution is -2.44. The number of anilines is 1. The fourth-order valence-electron chi connectivity index (χ4n) is 2.11. The molecule has 0 aliphatic carbocycles. The van der Waals surface area contributed by atoms with Crippen LogP contribution in [-0.2, 0) is 0 Å². The van der Waals surface area contributed by atoms with Crippen LogP contribution in [-0.4, -0.2) is 34.9 Å². The quantitative estimate of drug-likeness (QED) is 0.777. The molecule has 2 N–H and O–H groups in total. The minimum Gasteiger partial charge on any atom is -0.399 e. The molecule has 1 unspecified atom stereocenters. The van der Waals surface area contributed by atoms with Crippen molar-refractivity contribution >= 4 is 23.4 Å². The van der Waals surface area contributed by atoms with E-state index in [1.807, 2.05) is 35.7 Å². The van der Waals surface area contributed by atoms with Gasteiger partial charge in [-0.2, -0.15) is 11.8 Å². The van der Waals surface area contributed by atoms with Crippen LogP contribution >= 0.6 is 11.8 Å². The number of benzene rings is 1. The predicted molar refractivity (Wildman–Crippen MR) is 73.4 cm³/mol. The SMILES string of the molecule is Cc1cc(N)ccc1C(=O)N1CCSCC1C. The van der Waals surface area contributed by atoms with Crippen molar-refractivity contribution in [3.05, 3.63) is 29.3 Å². The number of nitrogens with zero attached hydrogens (tertiary/aromatic N) is 1. The summed E-state index contributed by atoms with van der Waals surface area (Å²) in [6, 6.07) is 5.81. The zero-order chi connectivity index (χ0) is 12.4. The number of carbonyl (C=O) groups excluding carboxylic acids is 1. The highest BCUT2D eigenvalue weighted by atomic mass is 32.2. The van der Waals surface area contributed by atoms with Gasteiger partial charge in [-0.25, -0.2) is 0 Å². The number of aryl methyl sites for hydroxylation is 1. The Hall–Kier alpha value is -1.16. The first-order chi connectivity index (χ1) is 8.09. The number of thioether (sulfide) groups is 1. The molecule has 92 valence electrons. The van der Waals surface area contributed by atoms with E-state index >= 15 is 0 Å². The molecule has 3 nitrogen and oxygen atoms in total. The largest absolute Gasteiger partial charge is 0.399 e. The monoisotopic (exact) mass is 250 g/mol. The summed E-state index contributed by atoms with van der Waals surface area (Å²) in [6.07, 6.45) is 0. The number of hydrogen-bond acceptors (Lipinski definition) is 3. The molecule has 0 spiro atoms. The average molecular weight is 250 g/mol. The van der Waals surface area contributed by atoms with E-state index in [1.165, 1.54) is 0 Å². The summed E-state index contributed by atoms with van der Waals surface area (Å²) in [6.45, 7) is 4.89. The van der Waals surface area contributed by atoms with Crippen molar-refractivity contribution in [3.63, 3.8) is 0 Å². The predicted octanol–water partition coefficient (Wildman–Crippen LogP) is 2.15. The number of rotatable bonds is 1. The molecule has 1 aliphatic heterocycles. The zero-order valence-corrected chi connectivity index (χ0v) is 11.1. The van der Waals surface area contributed by atoms with E-state index in [0.717, 1.165) is 29.2 Å². The molecule has 0 saturated carbocycles. The van der Waals surface area contributed by atoms with E-state index < -0.39 is 0 Å². The van der Waals surface area contributed by atoms with Gasteiger partial charge in [-0.3, -0.25) is 4.79 Å². The molecule has 1 amide bonds. The maximum absolute atomic E-state index is 12.4. The summed E-state index contributed by atoms with van der Waals surface area (Å²) in [5.41, 5.74) is 8.15. The number of carbonyl (C=O) groups is 1. The van der Waals surface area contributed by atoms with Gasteiger partial charge in [0.25, 0.3) is 5.91 Å². The van der Waals surface area contributed by atoms with Gasteiger partial charge in [0.15, 0.2) is 0 Å². The van der Waals surface area contributed by atoms with Crippen molar-refractivity contribution in [2.45, 2.75) is 19.9 Å². The van der Waals surface area contributed by atoms with Crippen LogP contribution in [0.4, 0.5) is 5.69 Å². The van der Waals surface area contributed by atoms with Crippen molar-refractivity contribution in [1.29, 1.82) is 0 Å². The molecule has 1 fully saturated rings. The highest BCUT2D eigenvalue weighted by Crippen LogP contribution is 2.21. The Labute approximate surface area is 106 Å². The van der Waals surface area contributed by atoms with Gasteiger partial charge in [0.05, 0.1) is 0 Å². The number of nitrogens with two attached hydrogens (primary N) is 1. The molecule has 4 heteroatoms. The summed E-state index contributed by atoms with van der Waals surface area (Å²) in [5.74, 6) is 2.19. The summed E-state index contributed by atoms with van der Waals surface area (Å²) < 4.78 is 0. The number of nitrogen functional groups attached to an aromatic ring is 1. The normalized spacial score (nSPS) is 20.4. The molecular formula is C13H18N2OS. The summed E-state index contributed by atoms with van der Waals surface area (Å²) in [7, 11) is 0. The van der Waals surface area contributed by atoms with Crippen LogP contribution in [0.1, 0.15) is 22.8 Å². The van der Waals surface area contributed by atoms with Gasteiger partial charge < -0.3 is 10.6 Å². The van der Waals surface area contributed by atoms with Crippen molar-refractivity contribution in [1.82, 2.24) is 4.90 Å². The lowest BCUT2D eigenvalue weighted by Gasteiger charge is -2.33. The third-order valence-electron chi connectivity index (χ3n) is 3.11. The first-order valence-electron chi connectivity index (χ1n) is 5.84. The van der Waals surface area contributed by atoms with Crippen LogP contribution in [0.25, 0.3) is 0 Å². The van der Waals surface area contributed by atoms with Gasteiger partial charge in [0, 0.05) is 35.3 Å². The number of amides is 1. The first-order valence-corrected chi connectivity index (χ1v) is 7.00. The van der Waals surface area contributed by atoms with Crippen molar-refractivity contribution in [3.8, 4) is 0 Å². The van der Waals surface area contributed by atoms with Gasteiger partial charge in [0.2, 0.25) is 0 Å². The third-order valence-corrected chi connectivity index (χ3v) is 4.30. The van der Waals surface area contributed by atoms with Crippen molar-refractivity contribution in [2.24, 2.45) is 0 Å². The Morgan fingerprint density at radius 1 is 1.53 bits per heavy atom. The van der Waals surface area contributed by atoms with E-state index in [2.05, 4.69) is 6.92 Å². The second kappa shape index (κ2) is 5.00. The van der Waals surface area contributed by atoms with Crippen molar-refractivity contribution in [2.75, 3.05) is 23.8 Å². The van der Waals surface area contributed by atoms with E-state index in [9.17, 15) is 4.79 Å². The molecule has 1 atom stereocenters. The lowest BCUT2D eigenvalue weighted by atomic mass is 10.1. The molecule has 2 rings (SSSR count). The van der Waals surface area contributed by atoms with Crippen LogP contribution in [0, 0.1) is 6.92 Å². The minimum absolute atomic E-state index is 0.135. The van der Waals surface area contributed by atoms with Gasteiger partial charge in [-0.1, -0.05) is 0 Å². The molecule has 1 saturated heterocycles. The molecule has 1 aromatic carbocycles. The highest BCUT2D eigenvalue weighted by molar-refractivity contribution is 7.99. The maximum Gasteiger partial charge on any atom is 0.254 e. The van der Waals surface area contributed by atoms with Crippen LogP contribution < -0.4 is 5.73 Å². The smallest absolute Gasteiger partial charge is 0.254 e. The molecule has 1 aliphatic rings. The van der Waals surface area contributed by atoms with Gasteiger partial charge >= 0.3 is 0 Å². The van der Waals surface area contributed by atoms with Gasteiger partial charge in [-0.15, -0.1) is 0 Å². The number of hydrogen-bond donors (Lipinski definition) is 1. The van der Waals surface area contributed by atoms with E-state index in [1.54, 1.807) is 6.07 Å². The Balaban J connectivity index is 2.24. The summed E-state index contributed by atoms with van der Waals surface area (Å²) in [4.78, 5) is 14.4. The van der Waals surface area contributed by atoms with E-state index in [0.29, 0.717) is 11.7 Å². The molecule has 0 bridgehead atoms. The fraction of sp³-hybridized carbons (Fsp3) is 0.462. The second-order valence-corrected chi connectivity index (χ2v) is 5.65. The van der Waals surface area contributed by atoms with Crippen LogP contribution in [0.3, 0.4) is 0 Å². The standard InChI is InChI=1S/C13H18N2OS/c1-9-7-11(14)3-4-12(9)13(16)15-5-6-17-8-10(15)2/h3-4,7,10H,5-6,8,14H2,1-2H3. The second-order valence-electron chi connectivity index (χ2n) is 4.50. The molecule has 1 heterocycles. The van der Waals surface area contributed by atoms with Gasteiger partial charge in [-0.05, 0) is 37.6 Å².